The van der Waals surface area contributed by atoms with Crippen LogP contribution in [0.2, 0.25) is 0 Å². The summed E-state index contributed by atoms with van der Waals surface area (Å²) in [6.45, 7) is 0. The van der Waals surface area contributed by atoms with E-state index in [1.807, 2.05) is 54.6 Å². The lowest BCUT2D eigenvalue weighted by molar-refractivity contribution is 0.475. The lowest BCUT2D eigenvalue weighted by Crippen LogP contribution is -2.40. The third kappa shape index (κ3) is 3.96. The number of aliphatic hydroxyl groups excluding tert-OH is 1. The zero-order valence-corrected chi connectivity index (χ0v) is 15.9. The third-order valence-electron chi connectivity index (χ3n) is 4.64. The molecule has 2 nitrogen and oxygen atoms in total. The highest BCUT2D eigenvalue weighted by atomic mass is 35.5. The van der Waals surface area contributed by atoms with E-state index < -0.39 is 11.5 Å². The van der Waals surface area contributed by atoms with Gasteiger partial charge in [-0.25, -0.2) is 0 Å². The van der Waals surface area contributed by atoms with Crippen LogP contribution in [-0.4, -0.2) is 16.2 Å². The predicted octanol–water partition coefficient (Wildman–Crippen LogP) is 5.05. The second-order valence-corrected chi connectivity index (χ2v) is 6.57. The van der Waals surface area contributed by atoms with E-state index in [4.69, 9.17) is 18.0 Å². The molecule has 3 rings (SSSR count). The van der Waals surface area contributed by atoms with Crippen LogP contribution in [0.1, 0.15) is 23.1 Å². The van der Waals surface area contributed by atoms with Crippen molar-refractivity contribution in [3.63, 3.8) is 0 Å². The minimum Gasteiger partial charge on any atom is -0.501 e. The molecule has 0 unspecified atom stereocenters. The van der Waals surface area contributed by atoms with Crippen LogP contribution in [0.4, 0.5) is 0 Å². The maximum Gasteiger partial charge on any atom is 0.173 e. The predicted molar refractivity (Wildman–Crippen MR) is 114 cm³/mol. The summed E-state index contributed by atoms with van der Waals surface area (Å²) in [5.74, 6) is 0. The van der Waals surface area contributed by atoms with Crippen molar-refractivity contribution in [3.05, 3.63) is 108 Å². The monoisotopic (exact) mass is 383 g/mol. The van der Waals surface area contributed by atoms with E-state index >= 15 is 0 Å². The van der Waals surface area contributed by atoms with Gasteiger partial charge in [-0.3, -0.25) is 0 Å². The fourth-order valence-corrected chi connectivity index (χ4v) is 3.52. The van der Waals surface area contributed by atoms with Gasteiger partial charge in [-0.1, -0.05) is 91.0 Å². The van der Waals surface area contributed by atoms with Crippen LogP contribution in [-0.2, 0) is 5.41 Å². The van der Waals surface area contributed by atoms with Gasteiger partial charge in [-0.05, 0) is 35.3 Å². The second kappa shape index (κ2) is 8.95. The van der Waals surface area contributed by atoms with Crippen molar-refractivity contribution >= 4 is 29.7 Å². The van der Waals surface area contributed by atoms with Crippen LogP contribution in [0.25, 0.3) is 0 Å². The molecule has 0 aliphatic carbocycles. The summed E-state index contributed by atoms with van der Waals surface area (Å²) in [4.78, 5) is 0. The Morgan fingerprint density at radius 1 is 0.769 bits per heavy atom. The van der Waals surface area contributed by atoms with Crippen molar-refractivity contribution in [2.75, 3.05) is 0 Å². The topological polar surface area (TPSA) is 46.2 Å². The van der Waals surface area contributed by atoms with Crippen molar-refractivity contribution in [1.29, 1.82) is 0 Å². The molecule has 26 heavy (non-hydrogen) atoms. The average molecular weight is 384 g/mol. The van der Waals surface area contributed by atoms with Crippen LogP contribution >= 0.6 is 24.6 Å². The number of benzene rings is 3. The van der Waals surface area contributed by atoms with Crippen LogP contribution < -0.4 is 5.73 Å². The highest BCUT2D eigenvalue weighted by Gasteiger charge is 2.38. The molecule has 1 atom stereocenters. The van der Waals surface area contributed by atoms with Crippen molar-refractivity contribution in [2.24, 2.45) is 5.73 Å². The van der Waals surface area contributed by atoms with E-state index in [0.29, 0.717) is 6.42 Å². The molecule has 0 spiro atoms. The summed E-state index contributed by atoms with van der Waals surface area (Å²) in [6.07, 6.45) is 0.486. The first-order valence-electron chi connectivity index (χ1n) is 8.29. The highest BCUT2D eigenvalue weighted by molar-refractivity contribution is 7.80. The number of hydrogen-bond donors (Lipinski definition) is 2. The summed E-state index contributed by atoms with van der Waals surface area (Å²) in [6, 6.07) is 30.2. The molecule has 4 heteroatoms. The van der Waals surface area contributed by atoms with Crippen molar-refractivity contribution in [2.45, 2.75) is 17.9 Å². The van der Waals surface area contributed by atoms with Crippen molar-refractivity contribution < 1.29 is 5.11 Å². The Morgan fingerprint density at radius 3 is 1.35 bits per heavy atom. The zero-order valence-electron chi connectivity index (χ0n) is 14.3. The fraction of sp³-hybridized carbons (Fsp3) is 0.136. The van der Waals surface area contributed by atoms with Gasteiger partial charge < -0.3 is 10.8 Å². The third-order valence-corrected chi connectivity index (χ3v) is 4.95. The lowest BCUT2D eigenvalue weighted by atomic mass is 9.66. The smallest absolute Gasteiger partial charge is 0.173 e. The number of rotatable bonds is 6. The maximum atomic E-state index is 9.83. The SMILES string of the molecule is Cl.N[C@@H](CC(c1ccccc1)(c1ccccc1)c1ccccc1)C(O)=S. The molecule has 0 aliphatic rings. The van der Waals surface area contributed by atoms with E-state index in [-0.39, 0.29) is 17.5 Å². The van der Waals surface area contributed by atoms with E-state index in [0.717, 1.165) is 16.7 Å². The largest absolute Gasteiger partial charge is 0.501 e. The molecule has 3 aromatic rings. The van der Waals surface area contributed by atoms with Crippen LogP contribution in [0.5, 0.6) is 0 Å². The molecule has 0 saturated heterocycles. The fourth-order valence-electron chi connectivity index (χ4n) is 3.44. The molecular weight excluding hydrogens is 362 g/mol. The molecule has 0 fully saturated rings. The van der Waals surface area contributed by atoms with Gasteiger partial charge in [0.05, 0.1) is 6.04 Å². The first kappa shape index (κ1) is 20.1. The van der Waals surface area contributed by atoms with Crippen molar-refractivity contribution in [3.8, 4) is 0 Å². The minimum atomic E-state index is -0.601. The summed E-state index contributed by atoms with van der Waals surface area (Å²) < 4.78 is 0. The molecule has 0 radical (unpaired) electrons. The Bertz CT molecular complexity index is 728. The molecule has 0 aromatic heterocycles. The quantitative estimate of drug-likeness (QED) is 0.462. The Labute approximate surface area is 166 Å². The number of halogens is 1. The number of hydrogen-bond acceptors (Lipinski definition) is 2. The number of nitrogens with two attached hydrogens (primary N) is 1. The average Bonchev–Trinajstić information content (AvgIpc) is 2.68. The van der Waals surface area contributed by atoms with Gasteiger partial charge >= 0.3 is 0 Å². The summed E-state index contributed by atoms with van der Waals surface area (Å²) >= 11 is 4.97. The summed E-state index contributed by atoms with van der Waals surface area (Å²) in [5.41, 5.74) is 9.11. The summed E-state index contributed by atoms with van der Waals surface area (Å²) in [7, 11) is 0. The first-order valence-corrected chi connectivity index (χ1v) is 8.70. The van der Waals surface area contributed by atoms with Gasteiger partial charge in [-0.15, -0.1) is 12.4 Å². The van der Waals surface area contributed by atoms with Crippen molar-refractivity contribution in [1.82, 2.24) is 0 Å². The Hall–Kier alpha value is -2.20. The Morgan fingerprint density at radius 2 is 1.08 bits per heavy atom. The number of aliphatic hydroxyl groups is 1. The van der Waals surface area contributed by atoms with Gasteiger partial charge in [0.25, 0.3) is 0 Å². The minimum absolute atomic E-state index is 0. The van der Waals surface area contributed by atoms with Gasteiger partial charge in [0.2, 0.25) is 0 Å². The molecular formula is C22H22ClNOS. The molecule has 134 valence electrons. The first-order chi connectivity index (χ1) is 12.1. The molecule has 0 bridgehead atoms. The van der Waals surface area contributed by atoms with E-state index in [1.54, 1.807) is 0 Å². The molecule has 0 saturated carbocycles. The Kier molecular flexibility index (Phi) is 6.92. The zero-order chi connectivity index (χ0) is 17.7. The van der Waals surface area contributed by atoms with Gasteiger partial charge in [-0.2, -0.15) is 0 Å². The summed E-state index contributed by atoms with van der Waals surface area (Å²) in [5, 5.41) is 9.67. The van der Waals surface area contributed by atoms with Crippen LogP contribution in [0, 0.1) is 0 Å². The molecule has 0 heterocycles. The number of thiocarbonyl (C=S) groups is 1. The van der Waals surface area contributed by atoms with Gasteiger partial charge in [0, 0.05) is 5.41 Å². The standard InChI is InChI=1S/C22H21NOS.ClH/c23-20(21(24)25)16-22(17-10-4-1-5-11-17,18-12-6-2-7-13-18)19-14-8-3-9-15-19;/h1-15,20H,16,23H2,(H,24,25);1H/t20-;/m0./s1. The molecule has 3 aromatic carbocycles. The highest BCUT2D eigenvalue weighted by Crippen LogP contribution is 2.42. The van der Waals surface area contributed by atoms with E-state index in [1.165, 1.54) is 0 Å². The lowest BCUT2D eigenvalue weighted by Gasteiger charge is -2.37. The van der Waals surface area contributed by atoms with Gasteiger partial charge in [0.1, 0.15) is 0 Å². The van der Waals surface area contributed by atoms with Crippen LogP contribution in [0.15, 0.2) is 91.0 Å². The molecule has 0 aliphatic heterocycles. The van der Waals surface area contributed by atoms with Crippen LogP contribution in [0.3, 0.4) is 0 Å². The molecule has 0 amide bonds. The van der Waals surface area contributed by atoms with E-state index in [9.17, 15) is 5.11 Å². The van der Waals surface area contributed by atoms with Gasteiger partial charge in [0.15, 0.2) is 5.05 Å². The normalized spacial score (nSPS) is 12.0. The molecule has 3 N–H and O–H groups in total. The maximum absolute atomic E-state index is 9.83. The Balaban J connectivity index is 0.00000243. The van der Waals surface area contributed by atoms with E-state index in [2.05, 4.69) is 36.4 Å². The second-order valence-electron chi connectivity index (χ2n) is 6.15.